The molecule has 1 unspecified atom stereocenters. The third kappa shape index (κ3) is 6.60. The summed E-state index contributed by atoms with van der Waals surface area (Å²) in [6, 6.07) is 21.4. The number of rotatable bonds is 7. The minimum atomic E-state index is -1.12. The number of benzene rings is 3. The molecule has 1 atom stereocenters. The Kier molecular flexibility index (Phi) is 8.74. The summed E-state index contributed by atoms with van der Waals surface area (Å²) in [4.78, 5) is 43.4. The molecule has 0 saturated carbocycles. The number of urea groups is 1. The van der Waals surface area contributed by atoms with Gasteiger partial charge >= 0.3 is 6.03 Å². The van der Waals surface area contributed by atoms with Gasteiger partial charge in [-0.3, -0.25) is 14.5 Å². The number of amides is 4. The van der Waals surface area contributed by atoms with Gasteiger partial charge in [0, 0.05) is 37.4 Å². The second-order valence-electron chi connectivity index (χ2n) is 10.8. The Balaban J connectivity index is 1.56. The molecule has 3 aromatic carbocycles. The first-order chi connectivity index (χ1) is 19.1. The van der Waals surface area contributed by atoms with Crippen LogP contribution in [-0.2, 0) is 23.3 Å². The van der Waals surface area contributed by atoms with Gasteiger partial charge in [-0.05, 0) is 58.5 Å². The van der Waals surface area contributed by atoms with Crippen molar-refractivity contribution in [3.63, 3.8) is 0 Å². The van der Waals surface area contributed by atoms with E-state index in [-0.39, 0.29) is 31.0 Å². The van der Waals surface area contributed by atoms with Gasteiger partial charge < -0.3 is 26.0 Å². The number of hydrogen-bond donors (Lipinski definition) is 3. The molecular formula is C31H37N5O4. The summed E-state index contributed by atoms with van der Waals surface area (Å²) in [5.41, 5.74) is 9.62. The monoisotopic (exact) mass is 543 g/mol. The lowest BCUT2D eigenvalue weighted by molar-refractivity contribution is -0.128. The summed E-state index contributed by atoms with van der Waals surface area (Å²) in [6.45, 7) is 7.36. The molecule has 0 aromatic heterocycles. The molecule has 4 amide bonds. The summed E-state index contributed by atoms with van der Waals surface area (Å²) in [5.74, 6) is -0.102. The number of nitrogens with zero attached hydrogens (tertiary/aromatic N) is 2. The van der Waals surface area contributed by atoms with Crippen molar-refractivity contribution in [1.82, 2.24) is 15.1 Å². The maximum absolute atomic E-state index is 13.6. The average Bonchev–Trinajstić information content (AvgIpc) is 3.41. The molecule has 9 nitrogen and oxygen atoms in total. The molecule has 0 bridgehead atoms. The SMILES string of the molecule is COc1ccc(NC(=O)N2CCN(C(=O)c3ccc(C(C)(C)C)cc3)C2C(=O)NCc2cccc(CN)c2)cc1. The fourth-order valence-corrected chi connectivity index (χ4v) is 4.63. The number of methoxy groups -OCH3 is 1. The predicted octanol–water partition coefficient (Wildman–Crippen LogP) is 4.08. The van der Waals surface area contributed by atoms with Crippen molar-refractivity contribution in [2.75, 3.05) is 25.5 Å². The van der Waals surface area contributed by atoms with E-state index >= 15 is 0 Å². The molecule has 0 radical (unpaired) electrons. The highest BCUT2D eigenvalue weighted by atomic mass is 16.5. The molecule has 210 valence electrons. The van der Waals surface area contributed by atoms with Crippen molar-refractivity contribution >= 4 is 23.5 Å². The average molecular weight is 544 g/mol. The van der Waals surface area contributed by atoms with Gasteiger partial charge in [-0.1, -0.05) is 57.2 Å². The summed E-state index contributed by atoms with van der Waals surface area (Å²) < 4.78 is 5.18. The number of nitrogens with two attached hydrogens (primary N) is 1. The van der Waals surface area contributed by atoms with Crippen molar-refractivity contribution < 1.29 is 19.1 Å². The third-order valence-corrected chi connectivity index (χ3v) is 6.96. The largest absolute Gasteiger partial charge is 0.497 e. The zero-order chi connectivity index (χ0) is 28.9. The Bertz CT molecular complexity index is 1350. The maximum atomic E-state index is 13.6. The lowest BCUT2D eigenvalue weighted by Gasteiger charge is -2.29. The number of ether oxygens (including phenoxy) is 1. The Morgan fingerprint density at radius 2 is 1.57 bits per heavy atom. The first kappa shape index (κ1) is 28.6. The van der Waals surface area contributed by atoms with Gasteiger partial charge in [0.2, 0.25) is 0 Å². The number of nitrogens with one attached hydrogen (secondary N) is 2. The Morgan fingerprint density at radius 1 is 0.925 bits per heavy atom. The second kappa shape index (κ2) is 12.2. The van der Waals surface area contributed by atoms with E-state index in [0.29, 0.717) is 23.5 Å². The molecule has 1 aliphatic heterocycles. The molecule has 4 rings (SSSR count). The van der Waals surface area contributed by atoms with Crippen LogP contribution in [0.1, 0.15) is 47.8 Å². The van der Waals surface area contributed by atoms with Crippen LogP contribution in [0.15, 0.2) is 72.8 Å². The third-order valence-electron chi connectivity index (χ3n) is 6.96. The Morgan fingerprint density at radius 3 is 2.20 bits per heavy atom. The van der Waals surface area contributed by atoms with Crippen LogP contribution in [0.3, 0.4) is 0 Å². The molecule has 0 spiro atoms. The lowest BCUT2D eigenvalue weighted by Crippen LogP contribution is -2.54. The first-order valence-corrected chi connectivity index (χ1v) is 13.3. The lowest BCUT2D eigenvalue weighted by atomic mass is 9.86. The van der Waals surface area contributed by atoms with E-state index in [9.17, 15) is 14.4 Å². The van der Waals surface area contributed by atoms with Gasteiger partial charge in [0.15, 0.2) is 6.17 Å². The maximum Gasteiger partial charge on any atom is 0.323 e. The minimum Gasteiger partial charge on any atom is -0.497 e. The number of anilines is 1. The Labute approximate surface area is 235 Å². The fourth-order valence-electron chi connectivity index (χ4n) is 4.63. The van der Waals surface area contributed by atoms with E-state index in [0.717, 1.165) is 16.7 Å². The van der Waals surface area contributed by atoms with Gasteiger partial charge in [-0.2, -0.15) is 0 Å². The van der Waals surface area contributed by atoms with E-state index < -0.39 is 18.1 Å². The molecule has 1 saturated heterocycles. The molecule has 1 heterocycles. The molecule has 4 N–H and O–H groups in total. The van der Waals surface area contributed by atoms with Gasteiger partial charge in [0.25, 0.3) is 11.8 Å². The quantitative estimate of drug-likeness (QED) is 0.415. The van der Waals surface area contributed by atoms with Crippen molar-refractivity contribution in [3.05, 3.63) is 95.1 Å². The van der Waals surface area contributed by atoms with Crippen LogP contribution in [0.5, 0.6) is 5.75 Å². The number of carbonyl (C=O) groups is 3. The highest BCUT2D eigenvalue weighted by Crippen LogP contribution is 2.25. The van der Waals surface area contributed by atoms with Crippen LogP contribution >= 0.6 is 0 Å². The highest BCUT2D eigenvalue weighted by Gasteiger charge is 2.43. The van der Waals surface area contributed by atoms with E-state index in [2.05, 4.69) is 31.4 Å². The highest BCUT2D eigenvalue weighted by molar-refractivity contribution is 6.00. The summed E-state index contributed by atoms with van der Waals surface area (Å²) in [5, 5.41) is 5.74. The van der Waals surface area contributed by atoms with Crippen molar-refractivity contribution in [2.45, 2.75) is 45.4 Å². The topological polar surface area (TPSA) is 117 Å². The fraction of sp³-hybridized carbons (Fsp3) is 0.323. The first-order valence-electron chi connectivity index (χ1n) is 13.3. The van der Waals surface area contributed by atoms with Gasteiger partial charge in [-0.25, -0.2) is 4.79 Å². The number of hydrogen-bond acceptors (Lipinski definition) is 5. The van der Waals surface area contributed by atoms with Crippen LogP contribution < -0.4 is 21.1 Å². The van der Waals surface area contributed by atoms with Crippen LogP contribution in [0.2, 0.25) is 0 Å². The normalized spacial score (nSPS) is 15.1. The van der Waals surface area contributed by atoms with Crippen molar-refractivity contribution in [3.8, 4) is 5.75 Å². The van der Waals surface area contributed by atoms with Crippen LogP contribution in [0, 0.1) is 0 Å². The van der Waals surface area contributed by atoms with Crippen molar-refractivity contribution in [1.29, 1.82) is 0 Å². The Hall–Kier alpha value is -4.37. The zero-order valence-electron chi connectivity index (χ0n) is 23.4. The standard InChI is InChI=1S/C31H37N5O4/c1-31(2,3)24-10-8-23(9-11-24)29(38)35-16-17-36(30(39)34-25-12-14-26(40-4)15-13-25)28(35)27(37)33-20-22-7-5-6-21(18-22)19-32/h5-15,18,28H,16-17,19-20,32H2,1-4H3,(H,33,37)(H,34,39). The zero-order valence-corrected chi connectivity index (χ0v) is 23.4. The molecule has 0 aliphatic carbocycles. The van der Waals surface area contributed by atoms with Crippen molar-refractivity contribution in [2.24, 2.45) is 5.73 Å². The van der Waals surface area contributed by atoms with Gasteiger partial charge in [0.1, 0.15) is 5.75 Å². The second-order valence-corrected chi connectivity index (χ2v) is 10.8. The molecule has 1 fully saturated rings. The minimum absolute atomic E-state index is 0.0603. The van der Waals surface area contributed by atoms with Gasteiger partial charge in [0.05, 0.1) is 7.11 Å². The van der Waals surface area contributed by atoms with Crippen LogP contribution in [0.25, 0.3) is 0 Å². The molecule has 9 heteroatoms. The molecule has 3 aromatic rings. The van der Waals surface area contributed by atoms with Crippen LogP contribution in [0.4, 0.5) is 10.5 Å². The predicted molar refractivity (Wildman–Crippen MR) is 155 cm³/mol. The van der Waals surface area contributed by atoms with Crippen LogP contribution in [-0.4, -0.2) is 54.0 Å². The van der Waals surface area contributed by atoms with E-state index in [1.54, 1.807) is 43.5 Å². The summed E-state index contributed by atoms with van der Waals surface area (Å²) in [7, 11) is 1.57. The summed E-state index contributed by atoms with van der Waals surface area (Å²) in [6.07, 6.45) is -1.12. The van der Waals surface area contributed by atoms with E-state index in [1.807, 2.05) is 36.4 Å². The molecular weight excluding hydrogens is 506 g/mol. The smallest absolute Gasteiger partial charge is 0.323 e. The van der Waals surface area contributed by atoms with E-state index in [1.165, 1.54) is 9.80 Å². The van der Waals surface area contributed by atoms with E-state index in [4.69, 9.17) is 10.5 Å². The van der Waals surface area contributed by atoms with Gasteiger partial charge in [-0.15, -0.1) is 0 Å². The molecule has 40 heavy (non-hydrogen) atoms. The molecule has 1 aliphatic rings. The number of carbonyl (C=O) groups excluding carboxylic acids is 3. The summed E-state index contributed by atoms with van der Waals surface area (Å²) >= 11 is 0.